The van der Waals surface area contributed by atoms with Gasteiger partial charge in [0.05, 0.1) is 30.8 Å². The molecule has 0 spiro atoms. The number of carbonyl (C=O) groups is 2. The maximum absolute atomic E-state index is 13.2. The Labute approximate surface area is 158 Å². The Morgan fingerprint density at radius 1 is 1.11 bits per heavy atom. The standard InChI is InChI=1S/C21H26O6/c1-12-4-15(18(22)26-3)6-16(25-2)17(12)27-19(23)20-7-13-5-14(8-20)10-21(24,9-13)11-20/h4,6,13-14,24H,5,7-11H2,1-3H3. The highest BCUT2D eigenvalue weighted by molar-refractivity contribution is 5.91. The Morgan fingerprint density at radius 2 is 1.78 bits per heavy atom. The average Bonchev–Trinajstić information content (AvgIpc) is 2.60. The molecule has 2 atom stereocenters. The van der Waals surface area contributed by atoms with Crippen LogP contribution in [-0.4, -0.2) is 36.9 Å². The lowest BCUT2D eigenvalue weighted by molar-refractivity contribution is -0.189. The second-order valence-electron chi connectivity index (χ2n) is 8.67. The molecule has 4 saturated carbocycles. The molecule has 0 saturated heterocycles. The van der Waals surface area contributed by atoms with Gasteiger partial charge in [-0.05, 0) is 75.0 Å². The second kappa shape index (κ2) is 6.23. The van der Waals surface area contributed by atoms with Crippen molar-refractivity contribution in [3.8, 4) is 11.5 Å². The van der Waals surface area contributed by atoms with Gasteiger partial charge in [0.15, 0.2) is 11.5 Å². The van der Waals surface area contributed by atoms with Crippen LogP contribution in [0, 0.1) is 24.2 Å². The van der Waals surface area contributed by atoms with E-state index in [0.717, 1.165) is 32.1 Å². The van der Waals surface area contributed by atoms with Gasteiger partial charge in [-0.25, -0.2) is 4.79 Å². The maximum atomic E-state index is 13.2. The van der Waals surface area contributed by atoms with Crippen molar-refractivity contribution in [3.63, 3.8) is 0 Å². The zero-order chi connectivity index (χ0) is 19.4. The third-order valence-corrected chi connectivity index (χ3v) is 6.54. The molecule has 27 heavy (non-hydrogen) atoms. The third-order valence-electron chi connectivity index (χ3n) is 6.54. The lowest BCUT2D eigenvalue weighted by atomic mass is 9.48. The molecule has 0 amide bonds. The van der Waals surface area contributed by atoms with Gasteiger partial charge in [0.1, 0.15) is 0 Å². The molecule has 5 rings (SSSR count). The average molecular weight is 374 g/mol. The van der Waals surface area contributed by atoms with Crippen molar-refractivity contribution in [2.24, 2.45) is 17.3 Å². The summed E-state index contributed by atoms with van der Waals surface area (Å²) in [6, 6.07) is 3.15. The highest BCUT2D eigenvalue weighted by Crippen LogP contribution is 2.62. The van der Waals surface area contributed by atoms with Crippen LogP contribution in [0.15, 0.2) is 12.1 Å². The van der Waals surface area contributed by atoms with E-state index in [1.807, 2.05) is 0 Å². The molecule has 0 radical (unpaired) electrons. The monoisotopic (exact) mass is 374 g/mol. The summed E-state index contributed by atoms with van der Waals surface area (Å²) in [6.45, 7) is 1.77. The molecule has 1 aromatic carbocycles. The van der Waals surface area contributed by atoms with Gasteiger partial charge in [0.2, 0.25) is 0 Å². The number of aryl methyl sites for hydroxylation is 1. The minimum Gasteiger partial charge on any atom is -0.493 e. The number of carbonyl (C=O) groups excluding carboxylic acids is 2. The fourth-order valence-corrected chi connectivity index (χ4v) is 5.91. The number of hydrogen-bond donors (Lipinski definition) is 1. The van der Waals surface area contributed by atoms with E-state index in [1.165, 1.54) is 20.3 Å². The highest BCUT2D eigenvalue weighted by Gasteiger charge is 2.61. The number of methoxy groups -OCH3 is 2. The van der Waals surface area contributed by atoms with E-state index < -0.39 is 17.0 Å². The van der Waals surface area contributed by atoms with Crippen molar-refractivity contribution in [2.45, 2.75) is 51.0 Å². The summed E-state index contributed by atoms with van der Waals surface area (Å²) in [5.41, 5.74) is -0.365. The van der Waals surface area contributed by atoms with Crippen LogP contribution in [0.4, 0.5) is 0 Å². The smallest absolute Gasteiger partial charge is 0.337 e. The van der Waals surface area contributed by atoms with Crippen molar-refractivity contribution >= 4 is 11.9 Å². The Bertz CT molecular complexity index is 784. The molecule has 1 aromatic rings. The van der Waals surface area contributed by atoms with Gasteiger partial charge in [-0.2, -0.15) is 0 Å². The zero-order valence-electron chi connectivity index (χ0n) is 16.0. The minimum absolute atomic E-state index is 0.290. The van der Waals surface area contributed by atoms with Crippen LogP contribution in [0.5, 0.6) is 11.5 Å². The molecule has 6 heteroatoms. The van der Waals surface area contributed by atoms with Gasteiger partial charge in [-0.15, -0.1) is 0 Å². The molecule has 4 aliphatic rings. The summed E-state index contributed by atoms with van der Waals surface area (Å²) in [5, 5.41) is 10.9. The minimum atomic E-state index is -0.725. The predicted octanol–water partition coefficient (Wildman–Crippen LogP) is 3.03. The summed E-state index contributed by atoms with van der Waals surface area (Å²) in [4.78, 5) is 25.0. The first kappa shape index (κ1) is 18.3. The molecule has 6 nitrogen and oxygen atoms in total. The molecule has 4 bridgehead atoms. The van der Waals surface area contributed by atoms with Gasteiger partial charge in [0.25, 0.3) is 0 Å². The summed E-state index contributed by atoms with van der Waals surface area (Å²) in [7, 11) is 2.79. The zero-order valence-corrected chi connectivity index (χ0v) is 16.0. The van der Waals surface area contributed by atoms with E-state index in [4.69, 9.17) is 14.2 Å². The number of ether oxygens (including phenoxy) is 3. The number of aliphatic hydroxyl groups is 1. The molecule has 4 aliphatic carbocycles. The fourth-order valence-electron chi connectivity index (χ4n) is 5.91. The Kier molecular flexibility index (Phi) is 4.22. The first-order valence-corrected chi connectivity index (χ1v) is 9.49. The molecule has 2 unspecified atom stereocenters. The highest BCUT2D eigenvalue weighted by atomic mass is 16.6. The van der Waals surface area contributed by atoms with Crippen LogP contribution in [0.1, 0.15) is 54.4 Å². The summed E-state index contributed by atoms with van der Waals surface area (Å²) in [6.07, 6.45) is 4.75. The Morgan fingerprint density at radius 3 is 2.33 bits per heavy atom. The van der Waals surface area contributed by atoms with Crippen LogP contribution in [0.25, 0.3) is 0 Å². The number of benzene rings is 1. The van der Waals surface area contributed by atoms with E-state index in [1.54, 1.807) is 13.0 Å². The molecule has 146 valence electrons. The van der Waals surface area contributed by atoms with E-state index in [-0.39, 0.29) is 5.97 Å². The van der Waals surface area contributed by atoms with E-state index >= 15 is 0 Å². The van der Waals surface area contributed by atoms with Crippen molar-refractivity contribution in [1.82, 2.24) is 0 Å². The van der Waals surface area contributed by atoms with Crippen LogP contribution in [0.3, 0.4) is 0 Å². The normalized spacial score (nSPS) is 33.6. The molecular formula is C21H26O6. The quantitative estimate of drug-likeness (QED) is 0.644. The van der Waals surface area contributed by atoms with E-state index in [9.17, 15) is 14.7 Å². The molecule has 1 N–H and O–H groups in total. The van der Waals surface area contributed by atoms with Gasteiger partial charge < -0.3 is 19.3 Å². The summed E-state index contributed by atoms with van der Waals surface area (Å²) < 4.78 is 16.0. The first-order valence-electron chi connectivity index (χ1n) is 9.49. The van der Waals surface area contributed by atoms with Crippen molar-refractivity contribution < 1.29 is 28.9 Å². The van der Waals surface area contributed by atoms with Crippen LogP contribution >= 0.6 is 0 Å². The number of hydrogen-bond acceptors (Lipinski definition) is 6. The van der Waals surface area contributed by atoms with Gasteiger partial charge in [0, 0.05) is 0 Å². The molecule has 0 aromatic heterocycles. The van der Waals surface area contributed by atoms with Crippen molar-refractivity contribution in [3.05, 3.63) is 23.3 Å². The first-order chi connectivity index (χ1) is 12.8. The van der Waals surface area contributed by atoms with E-state index in [2.05, 4.69) is 0 Å². The van der Waals surface area contributed by atoms with Crippen LogP contribution in [0.2, 0.25) is 0 Å². The number of esters is 2. The van der Waals surface area contributed by atoms with Crippen molar-refractivity contribution in [1.29, 1.82) is 0 Å². The van der Waals surface area contributed by atoms with Gasteiger partial charge in [-0.3, -0.25) is 4.79 Å². The Balaban J connectivity index is 1.63. The molecule has 4 fully saturated rings. The number of rotatable bonds is 4. The Hall–Kier alpha value is -2.08. The van der Waals surface area contributed by atoms with E-state index in [0.29, 0.717) is 40.9 Å². The summed E-state index contributed by atoms with van der Waals surface area (Å²) >= 11 is 0. The van der Waals surface area contributed by atoms with Crippen LogP contribution in [-0.2, 0) is 9.53 Å². The van der Waals surface area contributed by atoms with Gasteiger partial charge >= 0.3 is 11.9 Å². The largest absolute Gasteiger partial charge is 0.493 e. The topological polar surface area (TPSA) is 82.1 Å². The summed E-state index contributed by atoms with van der Waals surface area (Å²) in [5.74, 6) is 0.687. The molecule has 0 heterocycles. The van der Waals surface area contributed by atoms with Crippen molar-refractivity contribution in [2.75, 3.05) is 14.2 Å². The lowest BCUT2D eigenvalue weighted by Gasteiger charge is -2.58. The van der Waals surface area contributed by atoms with Crippen LogP contribution < -0.4 is 9.47 Å². The second-order valence-corrected chi connectivity index (χ2v) is 8.67. The predicted molar refractivity (Wildman–Crippen MR) is 96.8 cm³/mol. The fraction of sp³-hybridized carbons (Fsp3) is 0.619. The SMILES string of the molecule is COC(=O)c1cc(C)c(OC(=O)C23CC4CC(CC(O)(C4)C2)C3)c(OC)c1. The third kappa shape index (κ3) is 3.00. The van der Waals surface area contributed by atoms with Gasteiger partial charge in [-0.1, -0.05) is 0 Å². The maximum Gasteiger partial charge on any atom is 0.337 e. The lowest BCUT2D eigenvalue weighted by Crippen LogP contribution is -2.59. The molecular weight excluding hydrogens is 348 g/mol. The molecule has 0 aliphatic heterocycles.